The van der Waals surface area contributed by atoms with Crippen molar-refractivity contribution in [1.29, 1.82) is 0 Å². The maximum Gasteiger partial charge on any atom is 0.179 e. The van der Waals surface area contributed by atoms with Gasteiger partial charge in [-0.05, 0) is 12.1 Å². The van der Waals surface area contributed by atoms with Crippen LogP contribution in [0.5, 0.6) is 11.5 Å². The molecule has 1 unspecified atom stereocenters. The monoisotopic (exact) mass is 274 g/mol. The van der Waals surface area contributed by atoms with E-state index in [9.17, 15) is 13.5 Å². The van der Waals surface area contributed by atoms with Gasteiger partial charge in [0.1, 0.15) is 16.4 Å². The van der Waals surface area contributed by atoms with E-state index in [1.165, 1.54) is 14.2 Å². The molecular formula is C12H18O5S. The molecule has 0 saturated carbocycles. The summed E-state index contributed by atoms with van der Waals surface area (Å²) >= 11 is 0. The van der Waals surface area contributed by atoms with E-state index >= 15 is 0 Å². The summed E-state index contributed by atoms with van der Waals surface area (Å²) in [7, 11) is -0.614. The van der Waals surface area contributed by atoms with Crippen LogP contribution < -0.4 is 9.47 Å². The molecule has 0 fully saturated rings. The van der Waals surface area contributed by atoms with Gasteiger partial charge >= 0.3 is 0 Å². The smallest absolute Gasteiger partial charge is 0.179 e. The Morgan fingerprint density at radius 1 is 1.22 bits per heavy atom. The predicted molar refractivity (Wildman–Crippen MR) is 68.2 cm³/mol. The van der Waals surface area contributed by atoms with Gasteiger partial charge in [-0.2, -0.15) is 0 Å². The highest BCUT2D eigenvalue weighted by molar-refractivity contribution is 7.90. The summed E-state index contributed by atoms with van der Waals surface area (Å²) in [4.78, 5) is 0.0749. The van der Waals surface area contributed by atoms with E-state index < -0.39 is 9.84 Å². The number of rotatable bonds is 5. The second-order valence-corrected chi connectivity index (χ2v) is 6.02. The lowest BCUT2D eigenvalue weighted by molar-refractivity contribution is 0.267. The van der Waals surface area contributed by atoms with Gasteiger partial charge in [-0.3, -0.25) is 0 Å². The molecule has 0 heterocycles. The van der Waals surface area contributed by atoms with Crippen LogP contribution in [-0.2, 0) is 9.84 Å². The van der Waals surface area contributed by atoms with Crippen LogP contribution in [0.4, 0.5) is 0 Å². The van der Waals surface area contributed by atoms with Crippen LogP contribution in [0.15, 0.2) is 17.0 Å². The van der Waals surface area contributed by atoms with E-state index in [0.29, 0.717) is 11.3 Å². The van der Waals surface area contributed by atoms with Crippen molar-refractivity contribution in [3.05, 3.63) is 17.7 Å². The van der Waals surface area contributed by atoms with Crippen LogP contribution in [-0.4, -0.2) is 40.6 Å². The molecule has 5 nitrogen and oxygen atoms in total. The van der Waals surface area contributed by atoms with Crippen molar-refractivity contribution in [1.82, 2.24) is 0 Å². The first-order valence-electron chi connectivity index (χ1n) is 5.42. The Morgan fingerprint density at radius 2 is 1.72 bits per heavy atom. The third-order valence-electron chi connectivity index (χ3n) is 2.70. The zero-order valence-electron chi connectivity index (χ0n) is 10.9. The van der Waals surface area contributed by atoms with Gasteiger partial charge in [-0.1, -0.05) is 6.92 Å². The molecule has 0 spiro atoms. The number of methoxy groups -OCH3 is 2. The fourth-order valence-corrected chi connectivity index (χ4v) is 3.06. The molecule has 1 N–H and O–H groups in total. The summed E-state index contributed by atoms with van der Waals surface area (Å²) in [6.45, 7) is 1.55. The van der Waals surface area contributed by atoms with Crippen molar-refractivity contribution in [3.63, 3.8) is 0 Å². The average molecular weight is 274 g/mol. The minimum atomic E-state index is -3.48. The van der Waals surface area contributed by atoms with E-state index in [4.69, 9.17) is 9.47 Å². The van der Waals surface area contributed by atoms with Crippen molar-refractivity contribution < 1.29 is 23.0 Å². The Hall–Kier alpha value is -1.27. The molecule has 102 valence electrons. The number of benzene rings is 1. The molecule has 0 aliphatic carbocycles. The Labute approximate surface area is 107 Å². The van der Waals surface area contributed by atoms with Crippen molar-refractivity contribution in [2.45, 2.75) is 17.7 Å². The number of aliphatic hydroxyl groups is 1. The molecule has 0 aliphatic rings. The van der Waals surface area contributed by atoms with Crippen LogP contribution in [0.1, 0.15) is 18.4 Å². The number of ether oxygens (including phenoxy) is 2. The van der Waals surface area contributed by atoms with Crippen LogP contribution in [0.2, 0.25) is 0 Å². The molecule has 0 aromatic heterocycles. The van der Waals surface area contributed by atoms with Crippen molar-refractivity contribution >= 4 is 9.84 Å². The SMILES string of the molecule is COc1ccc(OC)c(S(C)(=O)=O)c1C(C)CO. The molecule has 6 heteroatoms. The molecule has 0 saturated heterocycles. The maximum absolute atomic E-state index is 11.9. The van der Waals surface area contributed by atoms with Gasteiger partial charge in [0.25, 0.3) is 0 Å². The molecule has 1 atom stereocenters. The molecule has 0 aliphatic heterocycles. The quantitative estimate of drug-likeness (QED) is 0.873. The Bertz CT molecular complexity index is 522. The van der Waals surface area contributed by atoms with E-state index in [1.54, 1.807) is 19.1 Å². The summed E-state index contributed by atoms with van der Waals surface area (Å²) in [6, 6.07) is 3.18. The molecule has 1 aromatic rings. The zero-order chi connectivity index (χ0) is 13.9. The second kappa shape index (κ2) is 5.58. The predicted octanol–water partition coefficient (Wildman–Crippen LogP) is 1.20. The highest BCUT2D eigenvalue weighted by atomic mass is 32.2. The van der Waals surface area contributed by atoms with E-state index in [-0.39, 0.29) is 23.2 Å². The molecule has 0 amide bonds. The summed E-state index contributed by atoms with van der Waals surface area (Å²) in [5.74, 6) is 0.325. The lowest BCUT2D eigenvalue weighted by Gasteiger charge is -2.19. The maximum atomic E-state index is 11.9. The second-order valence-electron chi connectivity index (χ2n) is 4.07. The number of aliphatic hydroxyl groups excluding tert-OH is 1. The van der Waals surface area contributed by atoms with Gasteiger partial charge in [0, 0.05) is 24.3 Å². The third-order valence-corrected chi connectivity index (χ3v) is 3.86. The number of sulfone groups is 1. The first kappa shape index (κ1) is 14.8. The van der Waals surface area contributed by atoms with E-state index in [0.717, 1.165) is 6.26 Å². The molecule has 1 rings (SSSR count). The molecular weight excluding hydrogens is 256 g/mol. The first-order chi connectivity index (χ1) is 8.36. The van der Waals surface area contributed by atoms with Crippen LogP contribution in [0.25, 0.3) is 0 Å². The standard InChI is InChI=1S/C12H18O5S/c1-8(7-13)11-9(16-2)5-6-10(17-3)12(11)18(4,14)15/h5-6,8,13H,7H2,1-4H3. The zero-order valence-corrected chi connectivity index (χ0v) is 11.7. The highest BCUT2D eigenvalue weighted by Gasteiger charge is 2.26. The average Bonchev–Trinajstić information content (AvgIpc) is 2.34. The van der Waals surface area contributed by atoms with Gasteiger partial charge in [0.2, 0.25) is 0 Å². The van der Waals surface area contributed by atoms with Gasteiger partial charge in [-0.25, -0.2) is 8.42 Å². The highest BCUT2D eigenvalue weighted by Crippen LogP contribution is 2.38. The summed E-state index contributed by atoms with van der Waals surface area (Å²) < 4.78 is 34.1. The Kier molecular flexibility index (Phi) is 4.59. The lowest BCUT2D eigenvalue weighted by atomic mass is 10.0. The minimum absolute atomic E-state index is 0.0749. The molecule has 18 heavy (non-hydrogen) atoms. The lowest BCUT2D eigenvalue weighted by Crippen LogP contribution is -2.11. The Balaban J connectivity index is 3.70. The molecule has 0 radical (unpaired) electrons. The van der Waals surface area contributed by atoms with Crippen molar-refractivity contribution in [3.8, 4) is 11.5 Å². The largest absolute Gasteiger partial charge is 0.496 e. The van der Waals surface area contributed by atoms with Gasteiger partial charge in [-0.15, -0.1) is 0 Å². The minimum Gasteiger partial charge on any atom is -0.496 e. The van der Waals surface area contributed by atoms with Crippen LogP contribution in [0.3, 0.4) is 0 Å². The van der Waals surface area contributed by atoms with Crippen molar-refractivity contribution in [2.75, 3.05) is 27.1 Å². The first-order valence-corrected chi connectivity index (χ1v) is 7.31. The summed E-state index contributed by atoms with van der Waals surface area (Å²) in [5.41, 5.74) is 0.446. The van der Waals surface area contributed by atoms with Gasteiger partial charge in [0.05, 0.1) is 14.2 Å². The number of hydrogen-bond acceptors (Lipinski definition) is 5. The normalized spacial score (nSPS) is 13.2. The van der Waals surface area contributed by atoms with E-state index in [1.807, 2.05) is 0 Å². The molecule has 1 aromatic carbocycles. The summed E-state index contributed by atoms with van der Waals surface area (Å²) in [5, 5.41) is 9.27. The fraction of sp³-hybridized carbons (Fsp3) is 0.500. The topological polar surface area (TPSA) is 72.8 Å². The van der Waals surface area contributed by atoms with Crippen LogP contribution >= 0.6 is 0 Å². The fourth-order valence-electron chi connectivity index (χ4n) is 1.84. The van der Waals surface area contributed by atoms with Crippen LogP contribution in [0, 0.1) is 0 Å². The molecule has 0 bridgehead atoms. The third kappa shape index (κ3) is 2.76. The van der Waals surface area contributed by atoms with Crippen molar-refractivity contribution in [2.24, 2.45) is 0 Å². The Morgan fingerprint density at radius 3 is 2.11 bits per heavy atom. The van der Waals surface area contributed by atoms with Gasteiger partial charge in [0.15, 0.2) is 9.84 Å². The van der Waals surface area contributed by atoms with E-state index in [2.05, 4.69) is 0 Å². The summed E-state index contributed by atoms with van der Waals surface area (Å²) in [6.07, 6.45) is 1.11. The van der Waals surface area contributed by atoms with Gasteiger partial charge < -0.3 is 14.6 Å². The number of hydrogen-bond donors (Lipinski definition) is 1.